The lowest BCUT2D eigenvalue weighted by molar-refractivity contribution is -0.131. The second kappa shape index (κ2) is 6.75. The number of carbonyl (C=O) groups excluding carboxylic acids is 1. The third-order valence-corrected chi connectivity index (χ3v) is 5.96. The van der Waals surface area contributed by atoms with Crippen molar-refractivity contribution >= 4 is 29.0 Å². The van der Waals surface area contributed by atoms with Crippen LogP contribution in [0.15, 0.2) is 40.6 Å². The highest BCUT2D eigenvalue weighted by Crippen LogP contribution is 2.29. The molecule has 3 rings (SSSR count). The number of thioether (sulfide) groups is 1. The lowest BCUT2D eigenvalue weighted by atomic mass is 10.1. The average Bonchev–Trinajstić information content (AvgIpc) is 3.02. The van der Waals surface area contributed by atoms with E-state index in [1.54, 1.807) is 30.2 Å². The maximum absolute atomic E-state index is 12.6. The van der Waals surface area contributed by atoms with Crippen molar-refractivity contribution in [2.75, 3.05) is 13.7 Å². The second-order valence-corrected chi connectivity index (χ2v) is 7.73. The normalized spacial score (nSPS) is 15.3. The minimum absolute atomic E-state index is 0.0754. The summed E-state index contributed by atoms with van der Waals surface area (Å²) in [6, 6.07) is 10.00. The molecule has 1 aliphatic rings. The zero-order chi connectivity index (χ0) is 15.5. The number of rotatable bonds is 4. The average molecular weight is 333 g/mol. The lowest BCUT2D eigenvalue weighted by Gasteiger charge is -2.29. The fraction of sp³-hybridized carbons (Fsp3) is 0.353. The van der Waals surface area contributed by atoms with Gasteiger partial charge in [-0.15, -0.1) is 23.1 Å². The molecular weight excluding hydrogens is 314 g/mol. The van der Waals surface area contributed by atoms with Gasteiger partial charge in [-0.25, -0.2) is 0 Å². The molecule has 0 aliphatic carbocycles. The fourth-order valence-corrected chi connectivity index (χ4v) is 4.44. The SMILES string of the molecule is COc1ccc(SC(C)C(=O)N2CCc3sccc3C2)cc1. The van der Waals surface area contributed by atoms with Crippen LogP contribution < -0.4 is 4.74 Å². The van der Waals surface area contributed by atoms with Crippen LogP contribution >= 0.6 is 23.1 Å². The van der Waals surface area contributed by atoms with E-state index < -0.39 is 0 Å². The van der Waals surface area contributed by atoms with E-state index in [0.29, 0.717) is 0 Å². The number of thiophene rings is 1. The summed E-state index contributed by atoms with van der Waals surface area (Å²) >= 11 is 3.40. The van der Waals surface area contributed by atoms with Crippen LogP contribution in [-0.2, 0) is 17.8 Å². The molecule has 3 nitrogen and oxygen atoms in total. The third kappa shape index (κ3) is 3.31. The predicted molar refractivity (Wildman–Crippen MR) is 91.8 cm³/mol. The summed E-state index contributed by atoms with van der Waals surface area (Å²) in [5.41, 5.74) is 1.31. The molecule has 0 saturated heterocycles. The second-order valence-electron chi connectivity index (χ2n) is 5.31. The molecule has 0 fully saturated rings. The van der Waals surface area contributed by atoms with Crippen LogP contribution in [0.5, 0.6) is 5.75 Å². The molecule has 1 aromatic heterocycles. The molecule has 2 aromatic rings. The van der Waals surface area contributed by atoms with Gasteiger partial charge in [-0.05, 0) is 54.6 Å². The molecule has 0 spiro atoms. The molecule has 116 valence electrons. The van der Waals surface area contributed by atoms with Crippen molar-refractivity contribution in [2.24, 2.45) is 0 Å². The van der Waals surface area contributed by atoms with Gasteiger partial charge in [-0.1, -0.05) is 0 Å². The van der Waals surface area contributed by atoms with E-state index in [2.05, 4.69) is 11.4 Å². The van der Waals surface area contributed by atoms with Crippen LogP contribution in [0.25, 0.3) is 0 Å². The van der Waals surface area contributed by atoms with Gasteiger partial charge in [0.15, 0.2) is 0 Å². The number of carbonyl (C=O) groups is 1. The van der Waals surface area contributed by atoms with E-state index in [1.165, 1.54) is 10.4 Å². The first-order valence-corrected chi connectivity index (χ1v) is 9.08. The molecule has 1 unspecified atom stereocenters. The molecule has 0 N–H and O–H groups in total. The van der Waals surface area contributed by atoms with Crippen LogP contribution in [0.2, 0.25) is 0 Å². The summed E-state index contributed by atoms with van der Waals surface area (Å²) in [6.45, 7) is 3.57. The van der Waals surface area contributed by atoms with Gasteiger partial charge in [0, 0.05) is 22.9 Å². The van der Waals surface area contributed by atoms with Gasteiger partial charge in [0.2, 0.25) is 5.91 Å². The van der Waals surface area contributed by atoms with Crippen LogP contribution in [0, 0.1) is 0 Å². The molecule has 0 radical (unpaired) electrons. The van der Waals surface area contributed by atoms with Gasteiger partial charge >= 0.3 is 0 Å². The summed E-state index contributed by atoms with van der Waals surface area (Å²) in [7, 11) is 1.66. The van der Waals surface area contributed by atoms with Gasteiger partial charge in [-0.3, -0.25) is 4.79 Å². The largest absolute Gasteiger partial charge is 0.497 e. The van der Waals surface area contributed by atoms with Crippen LogP contribution in [-0.4, -0.2) is 29.7 Å². The van der Waals surface area contributed by atoms with Crippen molar-refractivity contribution in [3.63, 3.8) is 0 Å². The quantitative estimate of drug-likeness (QED) is 0.797. The molecular formula is C17H19NO2S2. The molecule has 0 saturated carbocycles. The summed E-state index contributed by atoms with van der Waals surface area (Å²) in [4.78, 5) is 17.1. The number of nitrogens with zero attached hydrogens (tertiary/aromatic N) is 1. The maximum atomic E-state index is 12.6. The van der Waals surface area contributed by atoms with Crippen molar-refractivity contribution < 1.29 is 9.53 Å². The van der Waals surface area contributed by atoms with Gasteiger partial charge < -0.3 is 9.64 Å². The van der Waals surface area contributed by atoms with Gasteiger partial charge in [0.25, 0.3) is 0 Å². The molecule has 1 atom stereocenters. The molecule has 1 amide bonds. The Labute approximate surface area is 139 Å². The first-order chi connectivity index (χ1) is 10.7. The highest BCUT2D eigenvalue weighted by Gasteiger charge is 2.25. The minimum atomic E-state index is -0.0754. The summed E-state index contributed by atoms with van der Waals surface area (Å²) < 4.78 is 5.16. The maximum Gasteiger partial charge on any atom is 0.236 e. The van der Waals surface area contributed by atoms with E-state index in [-0.39, 0.29) is 11.2 Å². The molecule has 1 aromatic carbocycles. The third-order valence-electron chi connectivity index (χ3n) is 3.84. The minimum Gasteiger partial charge on any atom is -0.497 e. The number of benzene rings is 1. The molecule has 5 heteroatoms. The Morgan fingerprint density at radius 3 is 2.82 bits per heavy atom. The highest BCUT2D eigenvalue weighted by atomic mass is 32.2. The first-order valence-electron chi connectivity index (χ1n) is 7.32. The topological polar surface area (TPSA) is 29.5 Å². The Bertz CT molecular complexity index is 651. The molecule has 2 heterocycles. The Hall–Kier alpha value is -1.46. The van der Waals surface area contributed by atoms with E-state index >= 15 is 0 Å². The van der Waals surface area contributed by atoms with E-state index in [1.807, 2.05) is 36.1 Å². The zero-order valence-corrected chi connectivity index (χ0v) is 14.4. The zero-order valence-electron chi connectivity index (χ0n) is 12.7. The fourth-order valence-electron chi connectivity index (χ4n) is 2.60. The van der Waals surface area contributed by atoms with E-state index in [4.69, 9.17) is 4.74 Å². The van der Waals surface area contributed by atoms with Crippen molar-refractivity contribution in [3.05, 3.63) is 46.2 Å². The van der Waals surface area contributed by atoms with E-state index in [0.717, 1.165) is 30.2 Å². The summed E-state index contributed by atoms with van der Waals surface area (Å²) in [5.74, 6) is 1.06. The number of methoxy groups -OCH3 is 1. The van der Waals surface area contributed by atoms with Crippen LogP contribution in [0.3, 0.4) is 0 Å². The number of hydrogen-bond acceptors (Lipinski definition) is 4. The number of fused-ring (bicyclic) bond motifs is 1. The van der Waals surface area contributed by atoms with Gasteiger partial charge in [0.1, 0.15) is 5.75 Å². The van der Waals surface area contributed by atoms with E-state index in [9.17, 15) is 4.79 Å². The standard InChI is InChI=1S/C17H19NO2S2/c1-12(22-15-5-3-14(20-2)4-6-15)17(19)18-9-7-16-13(11-18)8-10-21-16/h3-6,8,10,12H,7,9,11H2,1-2H3. The number of ether oxygens (including phenoxy) is 1. The number of amides is 1. The monoisotopic (exact) mass is 333 g/mol. The van der Waals surface area contributed by atoms with Crippen molar-refractivity contribution in [1.82, 2.24) is 4.90 Å². The molecule has 0 bridgehead atoms. The Morgan fingerprint density at radius 1 is 1.32 bits per heavy atom. The number of hydrogen-bond donors (Lipinski definition) is 0. The van der Waals surface area contributed by atoms with Gasteiger partial charge in [0.05, 0.1) is 12.4 Å². The highest BCUT2D eigenvalue weighted by molar-refractivity contribution is 8.00. The molecule has 22 heavy (non-hydrogen) atoms. The lowest BCUT2D eigenvalue weighted by Crippen LogP contribution is -2.39. The van der Waals surface area contributed by atoms with Crippen LogP contribution in [0.4, 0.5) is 0 Å². The first kappa shape index (κ1) is 15.4. The van der Waals surface area contributed by atoms with Crippen molar-refractivity contribution in [2.45, 2.75) is 30.0 Å². The Balaban J connectivity index is 1.62. The summed E-state index contributed by atoms with van der Waals surface area (Å²) in [6.07, 6.45) is 0.985. The van der Waals surface area contributed by atoms with Crippen LogP contribution in [0.1, 0.15) is 17.4 Å². The van der Waals surface area contributed by atoms with Crippen molar-refractivity contribution in [3.8, 4) is 5.75 Å². The Kier molecular flexibility index (Phi) is 4.74. The smallest absolute Gasteiger partial charge is 0.236 e. The Morgan fingerprint density at radius 2 is 2.09 bits per heavy atom. The van der Waals surface area contributed by atoms with Crippen molar-refractivity contribution in [1.29, 1.82) is 0 Å². The summed E-state index contributed by atoms with van der Waals surface area (Å²) in [5, 5.41) is 2.04. The van der Waals surface area contributed by atoms with Gasteiger partial charge in [-0.2, -0.15) is 0 Å². The predicted octanol–water partition coefficient (Wildman–Crippen LogP) is 3.82. The molecule has 1 aliphatic heterocycles.